The lowest BCUT2D eigenvalue weighted by atomic mass is 10.1. The van der Waals surface area contributed by atoms with Crippen molar-refractivity contribution >= 4 is 39.1 Å². The number of nitrogens with zero attached hydrogens (tertiary/aromatic N) is 1. The van der Waals surface area contributed by atoms with Crippen molar-refractivity contribution < 1.29 is 0 Å². The highest BCUT2D eigenvalue weighted by Crippen LogP contribution is 2.38. The smallest absolute Gasteiger partial charge is 0.0598 e. The van der Waals surface area contributed by atoms with Gasteiger partial charge in [0.2, 0.25) is 0 Å². The van der Waals surface area contributed by atoms with E-state index in [9.17, 15) is 0 Å². The van der Waals surface area contributed by atoms with E-state index in [1.54, 1.807) is 0 Å². The molecule has 1 heterocycles. The van der Waals surface area contributed by atoms with Crippen LogP contribution in [-0.4, -0.2) is 18.8 Å². The highest BCUT2D eigenvalue weighted by Gasteiger charge is 2.23. The number of thioether (sulfide) groups is 1. The second-order valence-electron chi connectivity index (χ2n) is 5.14. The minimum Gasteiger partial charge on any atom is -0.397 e. The summed E-state index contributed by atoms with van der Waals surface area (Å²) in [6, 6.07) is 14.8. The molecule has 1 atom stereocenters. The first-order chi connectivity index (χ1) is 9.63. The van der Waals surface area contributed by atoms with Crippen molar-refractivity contribution in [2.24, 2.45) is 0 Å². The van der Waals surface area contributed by atoms with E-state index < -0.39 is 0 Å². The summed E-state index contributed by atoms with van der Waals surface area (Å²) in [7, 11) is 2.11. The molecule has 0 fully saturated rings. The third-order valence-corrected chi connectivity index (χ3v) is 5.39. The summed E-state index contributed by atoms with van der Waals surface area (Å²) >= 11 is 5.43. The fourth-order valence-corrected chi connectivity index (χ4v) is 4.39. The number of nitrogens with two attached hydrogens (primary N) is 1. The van der Waals surface area contributed by atoms with Gasteiger partial charge in [0, 0.05) is 28.2 Å². The molecule has 1 aliphatic rings. The number of fused-ring (bicyclic) bond motifs is 1. The monoisotopic (exact) mass is 348 g/mol. The molecule has 20 heavy (non-hydrogen) atoms. The predicted octanol–water partition coefficient (Wildman–Crippen LogP) is 4.18. The molecule has 0 spiro atoms. The minimum absolute atomic E-state index is 0.598. The Morgan fingerprint density at radius 1 is 1.30 bits per heavy atom. The summed E-state index contributed by atoms with van der Waals surface area (Å²) in [5.41, 5.74) is 9.50. The minimum atomic E-state index is 0.598. The Balaban J connectivity index is 1.70. The van der Waals surface area contributed by atoms with E-state index in [2.05, 4.69) is 58.2 Å². The molecule has 104 valence electrons. The van der Waals surface area contributed by atoms with Crippen LogP contribution in [0.4, 0.5) is 11.4 Å². The fraction of sp³-hybridized carbons (Fsp3) is 0.250. The summed E-state index contributed by atoms with van der Waals surface area (Å²) in [6.45, 7) is 1.01. The Morgan fingerprint density at radius 3 is 2.85 bits per heavy atom. The van der Waals surface area contributed by atoms with Gasteiger partial charge in [-0.2, -0.15) is 0 Å². The first kappa shape index (κ1) is 13.8. The number of rotatable bonds is 3. The van der Waals surface area contributed by atoms with Crippen LogP contribution in [0.3, 0.4) is 0 Å². The van der Waals surface area contributed by atoms with Crippen molar-refractivity contribution in [2.45, 2.75) is 16.6 Å². The molecular weight excluding hydrogens is 332 g/mol. The van der Waals surface area contributed by atoms with E-state index in [-0.39, 0.29) is 0 Å². The quantitative estimate of drug-likeness (QED) is 0.843. The lowest BCUT2D eigenvalue weighted by Crippen LogP contribution is -2.27. The van der Waals surface area contributed by atoms with E-state index in [0.717, 1.165) is 28.8 Å². The molecule has 0 saturated heterocycles. The summed E-state index contributed by atoms with van der Waals surface area (Å²) in [5.74, 6) is 0. The van der Waals surface area contributed by atoms with Crippen molar-refractivity contribution in [1.29, 1.82) is 0 Å². The third-order valence-electron chi connectivity index (χ3n) is 3.59. The summed E-state index contributed by atoms with van der Waals surface area (Å²) < 4.78 is 1.02. The summed E-state index contributed by atoms with van der Waals surface area (Å²) in [4.78, 5) is 3.68. The van der Waals surface area contributed by atoms with Gasteiger partial charge in [0.05, 0.1) is 11.4 Å². The molecule has 2 aromatic rings. The van der Waals surface area contributed by atoms with Crippen LogP contribution in [0.15, 0.2) is 51.8 Å². The fourth-order valence-electron chi connectivity index (χ4n) is 2.63. The Labute approximate surface area is 132 Å². The Kier molecular flexibility index (Phi) is 3.94. The molecule has 0 radical (unpaired) electrons. The van der Waals surface area contributed by atoms with Gasteiger partial charge >= 0.3 is 0 Å². The number of hydrogen-bond donors (Lipinski definition) is 1. The zero-order valence-corrected chi connectivity index (χ0v) is 13.7. The number of anilines is 2. The van der Waals surface area contributed by atoms with Crippen LogP contribution in [0.5, 0.6) is 0 Å². The molecule has 2 N–H and O–H groups in total. The van der Waals surface area contributed by atoms with Crippen LogP contribution < -0.4 is 10.6 Å². The number of benzene rings is 2. The molecule has 1 unspecified atom stereocenters. The first-order valence-electron chi connectivity index (χ1n) is 6.64. The zero-order valence-electron chi connectivity index (χ0n) is 11.3. The van der Waals surface area contributed by atoms with Crippen LogP contribution >= 0.6 is 27.7 Å². The Morgan fingerprint density at radius 2 is 2.10 bits per heavy atom. The van der Waals surface area contributed by atoms with Crippen molar-refractivity contribution in [1.82, 2.24) is 0 Å². The van der Waals surface area contributed by atoms with Gasteiger partial charge in [-0.25, -0.2) is 0 Å². The number of halogens is 1. The Bertz CT molecular complexity index is 605. The maximum Gasteiger partial charge on any atom is 0.0598 e. The van der Waals surface area contributed by atoms with Crippen molar-refractivity contribution in [3.05, 3.63) is 52.5 Å². The van der Waals surface area contributed by atoms with Crippen LogP contribution in [0.25, 0.3) is 0 Å². The highest BCUT2D eigenvalue weighted by molar-refractivity contribution is 9.10. The van der Waals surface area contributed by atoms with E-state index in [1.165, 1.54) is 10.5 Å². The van der Waals surface area contributed by atoms with E-state index >= 15 is 0 Å². The second kappa shape index (κ2) is 5.70. The molecule has 3 rings (SSSR count). The average Bonchev–Trinajstić information content (AvgIpc) is 2.80. The molecule has 0 saturated carbocycles. The van der Waals surface area contributed by atoms with Gasteiger partial charge in [-0.15, -0.1) is 11.8 Å². The second-order valence-corrected chi connectivity index (χ2v) is 7.39. The highest BCUT2D eigenvalue weighted by atomic mass is 79.9. The van der Waals surface area contributed by atoms with E-state index in [1.807, 2.05) is 23.9 Å². The molecule has 0 amide bonds. The van der Waals surface area contributed by atoms with Crippen LogP contribution in [0.2, 0.25) is 0 Å². The van der Waals surface area contributed by atoms with Crippen molar-refractivity contribution in [3.63, 3.8) is 0 Å². The van der Waals surface area contributed by atoms with Gasteiger partial charge in [0.15, 0.2) is 0 Å². The van der Waals surface area contributed by atoms with Gasteiger partial charge in [0.1, 0.15) is 0 Å². The van der Waals surface area contributed by atoms with E-state index in [0.29, 0.717) is 5.25 Å². The predicted molar refractivity (Wildman–Crippen MR) is 91.6 cm³/mol. The van der Waals surface area contributed by atoms with Gasteiger partial charge in [-0.3, -0.25) is 0 Å². The van der Waals surface area contributed by atoms with Gasteiger partial charge in [-0.1, -0.05) is 34.1 Å². The lowest BCUT2D eigenvalue weighted by molar-refractivity contribution is 0.815. The average molecular weight is 349 g/mol. The third kappa shape index (κ3) is 2.81. The normalized spacial score (nSPS) is 17.0. The van der Waals surface area contributed by atoms with Gasteiger partial charge in [-0.05, 0) is 36.2 Å². The van der Waals surface area contributed by atoms with Crippen LogP contribution in [-0.2, 0) is 6.42 Å². The Hall–Kier alpha value is -1.13. The maximum atomic E-state index is 6.10. The molecule has 4 heteroatoms. The van der Waals surface area contributed by atoms with Crippen LogP contribution in [0.1, 0.15) is 5.56 Å². The molecular formula is C16H17BrN2S. The van der Waals surface area contributed by atoms with Gasteiger partial charge in [0.25, 0.3) is 0 Å². The molecule has 2 nitrogen and oxygen atoms in total. The number of hydrogen-bond acceptors (Lipinski definition) is 3. The molecule has 0 aromatic heterocycles. The number of nitrogen functional groups attached to an aromatic ring is 1. The summed E-state index contributed by atoms with van der Waals surface area (Å²) in [6.07, 6.45) is 1.14. The topological polar surface area (TPSA) is 29.3 Å². The lowest BCUT2D eigenvalue weighted by Gasteiger charge is -2.24. The molecule has 0 aliphatic carbocycles. The zero-order chi connectivity index (χ0) is 14.1. The molecule has 0 bridgehead atoms. The SMILES string of the molecule is CN(CC1Cc2ccccc2S1)c1ccc(Br)cc1N. The van der Waals surface area contributed by atoms with E-state index in [4.69, 9.17) is 5.73 Å². The van der Waals surface area contributed by atoms with Crippen molar-refractivity contribution in [3.8, 4) is 0 Å². The maximum absolute atomic E-state index is 6.10. The summed E-state index contributed by atoms with van der Waals surface area (Å²) in [5, 5.41) is 0.598. The standard InChI is InChI=1S/C16H17BrN2S/c1-19(15-7-6-12(17)9-14(15)18)10-13-8-11-4-2-3-5-16(11)20-13/h2-7,9,13H,8,10,18H2,1H3. The van der Waals surface area contributed by atoms with Crippen molar-refractivity contribution in [2.75, 3.05) is 24.2 Å². The molecule has 1 aliphatic heterocycles. The van der Waals surface area contributed by atoms with Crippen LogP contribution in [0, 0.1) is 0 Å². The van der Waals surface area contributed by atoms with Gasteiger partial charge < -0.3 is 10.6 Å². The largest absolute Gasteiger partial charge is 0.397 e. The first-order valence-corrected chi connectivity index (χ1v) is 8.31. The molecule has 2 aromatic carbocycles.